The summed E-state index contributed by atoms with van der Waals surface area (Å²) in [6.45, 7) is 29.4. The van der Waals surface area contributed by atoms with Gasteiger partial charge in [-0.2, -0.15) is 0 Å². The van der Waals surface area contributed by atoms with E-state index in [-0.39, 0.29) is 30.2 Å². The van der Waals surface area contributed by atoms with Crippen LogP contribution in [0.3, 0.4) is 0 Å². The van der Waals surface area contributed by atoms with Gasteiger partial charge in [-0.05, 0) is 105 Å². The van der Waals surface area contributed by atoms with Gasteiger partial charge in [0, 0.05) is 51.7 Å². The van der Waals surface area contributed by atoms with Gasteiger partial charge in [-0.3, -0.25) is 57.6 Å². The van der Waals surface area contributed by atoms with Gasteiger partial charge < -0.3 is 81.5 Å². The lowest BCUT2D eigenvalue weighted by molar-refractivity contribution is -0.160. The summed E-state index contributed by atoms with van der Waals surface area (Å²) in [5.41, 5.74) is 1.30. The second kappa shape index (κ2) is 39.1. The van der Waals surface area contributed by atoms with Crippen molar-refractivity contribution in [1.29, 1.82) is 0 Å². The Balaban J connectivity index is 2.07. The van der Waals surface area contributed by atoms with E-state index in [9.17, 15) is 29.4 Å². The van der Waals surface area contributed by atoms with Gasteiger partial charge in [-0.15, -0.1) is 0 Å². The standard InChI is InChI=1S/C76H121N13O16/c1-37(2)34-50-65(92)80-57(41(9)10)73(100)88(23)62(44(15)16)75(102)87(22)51(35-48-36-77-49-32-29-33-52(104-25)53(48)49)66(93)78-54(38(3)4)68(95)84-60(64(91)47-30-27-26-28-31-47)69(96)82-58(42(11)12)76(103)105-46(18)59(83-67(94)55(39(5)6)79-70(97)61(43(13)14)85(19)20)74(101)89(24)63(45(17)90)71(98)81-56(40(7)8)72(99)86(50)21/h26-33,36-46,50-51,54-64,77,90-91H,34-35H2,1-25H3,(H,78,93)(H,79,97)(H,80,92)(H,81,98)(H,82,96)(H,83,94)(H,84,95)/t45-,46-,50+,51+,54+,55+,56+,57+,58+,59+,60+,61+,62+,63+,64-/m1/s1. The average Bonchev–Trinajstić information content (AvgIpc) is 1.75. The molecule has 29 heteroatoms. The number of esters is 1. The van der Waals surface area contributed by atoms with Crippen LogP contribution in [0.4, 0.5) is 0 Å². The summed E-state index contributed by atoms with van der Waals surface area (Å²) in [6.07, 6.45) is -3.76. The summed E-state index contributed by atoms with van der Waals surface area (Å²) in [6, 6.07) is -4.69. The highest BCUT2D eigenvalue weighted by molar-refractivity contribution is 6.01. The maximum absolute atomic E-state index is 15.6. The van der Waals surface area contributed by atoms with E-state index >= 15 is 38.4 Å². The van der Waals surface area contributed by atoms with Gasteiger partial charge in [-0.25, -0.2) is 4.79 Å². The molecule has 10 N–H and O–H groups in total. The van der Waals surface area contributed by atoms with Crippen molar-refractivity contribution in [3.8, 4) is 5.75 Å². The molecular formula is C76H121N13O16. The first-order valence-corrected chi connectivity index (χ1v) is 36.4. The van der Waals surface area contributed by atoms with Gasteiger partial charge in [0.25, 0.3) is 0 Å². The van der Waals surface area contributed by atoms with E-state index in [0.717, 1.165) is 16.8 Å². The third kappa shape index (κ3) is 22.4. The van der Waals surface area contributed by atoms with Crippen molar-refractivity contribution in [2.75, 3.05) is 49.4 Å². The van der Waals surface area contributed by atoms with Crippen LogP contribution in [-0.2, 0) is 68.7 Å². The molecule has 1 aliphatic rings. The average molecular weight is 1470 g/mol. The van der Waals surface area contributed by atoms with Gasteiger partial charge in [0.15, 0.2) is 0 Å². The molecule has 0 unspecified atom stereocenters. The number of aliphatic hydroxyl groups excluding tert-OH is 2. The topological polar surface area (TPSA) is 380 Å². The van der Waals surface area contributed by atoms with Crippen molar-refractivity contribution in [2.24, 2.45) is 47.3 Å². The van der Waals surface area contributed by atoms with Crippen molar-refractivity contribution < 1.29 is 77.2 Å². The molecule has 0 saturated carbocycles. The van der Waals surface area contributed by atoms with Crippen LogP contribution in [-0.4, -0.2) is 245 Å². The Bertz CT molecular complexity index is 3490. The van der Waals surface area contributed by atoms with Crippen LogP contribution in [0, 0.1) is 47.3 Å². The molecular weight excluding hydrogens is 1350 g/mol. The second-order valence-corrected chi connectivity index (χ2v) is 31.0. The number of benzene rings is 2. The summed E-state index contributed by atoms with van der Waals surface area (Å²) < 4.78 is 11.8. The largest absolute Gasteiger partial charge is 0.496 e. The van der Waals surface area contributed by atoms with Gasteiger partial charge in [-0.1, -0.05) is 147 Å². The highest BCUT2D eigenvalue weighted by Gasteiger charge is 2.47. The number of nitrogens with one attached hydrogen (secondary N) is 8. The number of nitrogens with zero attached hydrogens (tertiary/aromatic N) is 5. The minimum Gasteiger partial charge on any atom is -0.496 e. The summed E-state index contributed by atoms with van der Waals surface area (Å²) in [7, 11) is 10.2. The second-order valence-electron chi connectivity index (χ2n) is 31.0. The number of rotatable bonds is 20. The molecule has 0 spiro atoms. The summed E-state index contributed by atoms with van der Waals surface area (Å²) in [4.78, 5) is 190. The van der Waals surface area contributed by atoms with Crippen molar-refractivity contribution in [3.05, 3.63) is 65.9 Å². The number of aliphatic hydroxyl groups is 2. The van der Waals surface area contributed by atoms with Crippen LogP contribution in [0.2, 0.25) is 0 Å². The Labute approximate surface area is 619 Å². The molecule has 0 aliphatic carbocycles. The number of aromatic nitrogens is 1. The predicted molar refractivity (Wildman–Crippen MR) is 398 cm³/mol. The van der Waals surface area contributed by atoms with Gasteiger partial charge >= 0.3 is 5.97 Å². The number of carbonyl (C=O) groups is 12. The molecule has 586 valence electrons. The fraction of sp³-hybridized carbons (Fsp3) is 0.658. The molecule has 1 saturated heterocycles. The van der Waals surface area contributed by atoms with Crippen molar-refractivity contribution >= 4 is 81.9 Å². The Morgan fingerprint density at radius 1 is 0.543 bits per heavy atom. The van der Waals surface area contributed by atoms with E-state index in [1.165, 1.54) is 64.0 Å². The highest BCUT2D eigenvalue weighted by atomic mass is 16.5. The first-order valence-electron chi connectivity index (χ1n) is 36.4. The molecule has 105 heavy (non-hydrogen) atoms. The number of H-pyrrole nitrogens is 1. The fourth-order valence-electron chi connectivity index (χ4n) is 13.4. The molecule has 3 aromatic rings. The number of aromatic amines is 1. The molecule has 1 aromatic heterocycles. The summed E-state index contributed by atoms with van der Waals surface area (Å²) in [5.74, 6) is -15.0. The number of carbonyl (C=O) groups excluding carboxylic acids is 12. The SMILES string of the molecule is COc1cccc2[nH]cc(C[C@H]3C(=O)N[C@@H](C(C)C)C(=O)N[C@@H]([C@H](O)c4ccccc4)C(=O)N[C@@H](C(C)C)C(=O)O[C@H](C)[C@H](NC(=O)[C@@H](NC(=O)[C@H](C(C)C)N(C)C)C(C)C)C(=O)N(C)[C@@H]([C@@H](C)O)C(=O)N[C@@H](C(C)C)C(=O)N(C)[C@@H](CC(C)C)C(=O)N[C@@H](C(C)C)C(=O)N(C)[C@@H](C(C)C)C(=O)N3C)c12. The highest BCUT2D eigenvalue weighted by Crippen LogP contribution is 2.31. The Hall–Kier alpha value is -8.70. The molecule has 1 aliphatic heterocycles. The smallest absolute Gasteiger partial charge is 0.329 e. The molecule has 2 heterocycles. The van der Waals surface area contributed by atoms with Gasteiger partial charge in [0.05, 0.1) is 19.3 Å². The van der Waals surface area contributed by atoms with Crippen molar-refractivity contribution in [1.82, 2.24) is 66.7 Å². The Kier molecular flexibility index (Phi) is 33.0. The number of fused-ring (bicyclic) bond motifs is 1. The van der Waals surface area contributed by atoms with Gasteiger partial charge in [0.2, 0.25) is 65.0 Å². The molecule has 11 amide bonds. The molecule has 29 nitrogen and oxygen atoms in total. The van der Waals surface area contributed by atoms with E-state index in [0.29, 0.717) is 22.2 Å². The number of cyclic esters (lactones) is 1. The zero-order valence-electron chi connectivity index (χ0n) is 66.2. The minimum absolute atomic E-state index is 0.0455. The maximum atomic E-state index is 15.6. The molecule has 4 rings (SSSR count). The monoisotopic (exact) mass is 1470 g/mol. The normalized spacial score (nSPS) is 24.8. The predicted octanol–water partition coefficient (Wildman–Crippen LogP) is 3.05. The van der Waals surface area contributed by atoms with E-state index < -0.39 is 197 Å². The van der Waals surface area contributed by atoms with Crippen LogP contribution in [0.25, 0.3) is 10.9 Å². The molecule has 15 atom stereocenters. The molecule has 1 fully saturated rings. The number of ether oxygens (including phenoxy) is 2. The third-order valence-electron chi connectivity index (χ3n) is 19.5. The van der Waals surface area contributed by atoms with Gasteiger partial charge in [0.1, 0.15) is 84.4 Å². The van der Waals surface area contributed by atoms with E-state index in [1.807, 2.05) is 27.7 Å². The maximum Gasteiger partial charge on any atom is 0.329 e. The summed E-state index contributed by atoms with van der Waals surface area (Å²) >= 11 is 0. The lowest BCUT2D eigenvalue weighted by atomic mass is 9.94. The van der Waals surface area contributed by atoms with Crippen LogP contribution in [0.5, 0.6) is 5.75 Å². The zero-order valence-corrected chi connectivity index (χ0v) is 66.2. The van der Waals surface area contributed by atoms with E-state index in [1.54, 1.807) is 145 Å². The Morgan fingerprint density at radius 2 is 1.03 bits per heavy atom. The first-order chi connectivity index (χ1) is 48.8. The van der Waals surface area contributed by atoms with Crippen LogP contribution >= 0.6 is 0 Å². The van der Waals surface area contributed by atoms with Crippen LogP contribution in [0.1, 0.15) is 148 Å². The number of amides is 11. The fourth-order valence-corrected chi connectivity index (χ4v) is 13.4. The first kappa shape index (κ1) is 88.7. The number of likely N-dealkylation sites (N-methyl/N-ethyl adjacent to an activating group) is 5. The third-order valence-corrected chi connectivity index (χ3v) is 19.5. The van der Waals surface area contributed by atoms with Crippen molar-refractivity contribution in [3.63, 3.8) is 0 Å². The van der Waals surface area contributed by atoms with E-state index in [2.05, 4.69) is 42.2 Å². The lowest BCUT2D eigenvalue weighted by Crippen LogP contribution is -2.65. The summed E-state index contributed by atoms with van der Waals surface area (Å²) in [5, 5.41) is 43.5. The minimum atomic E-state index is -1.94. The van der Waals surface area contributed by atoms with E-state index in [4.69, 9.17) is 9.47 Å². The number of hydrogen-bond donors (Lipinski definition) is 10. The molecule has 0 bridgehead atoms. The van der Waals surface area contributed by atoms with Crippen LogP contribution in [0.15, 0.2) is 54.7 Å². The quantitative estimate of drug-likeness (QED) is 0.0727. The molecule has 2 aromatic carbocycles. The number of hydrogen-bond acceptors (Lipinski definition) is 17. The zero-order chi connectivity index (χ0) is 79.8. The lowest BCUT2D eigenvalue weighted by Gasteiger charge is -2.39. The molecule has 0 radical (unpaired) electrons. The Morgan fingerprint density at radius 3 is 1.52 bits per heavy atom. The number of methoxy groups -OCH3 is 1. The van der Waals surface area contributed by atoms with Crippen molar-refractivity contribution in [2.45, 2.75) is 228 Å². The van der Waals surface area contributed by atoms with Crippen LogP contribution < -0.4 is 42.0 Å².